The fraction of sp³-hybridized carbons (Fsp3) is 0.154. The van der Waals surface area contributed by atoms with Crippen LogP contribution < -0.4 is 5.19 Å². The first-order valence-electron chi connectivity index (χ1n) is 4.97. The maximum absolute atomic E-state index is 10.9. The fourth-order valence-corrected chi connectivity index (χ4v) is 3.25. The molecule has 2 heteroatoms. The van der Waals surface area contributed by atoms with Gasteiger partial charge >= 0.3 is 0 Å². The molecule has 0 aliphatic rings. The predicted molar refractivity (Wildman–Crippen MR) is 67.0 cm³/mol. The van der Waals surface area contributed by atoms with Gasteiger partial charge in [-0.25, -0.2) is 0 Å². The van der Waals surface area contributed by atoms with Gasteiger partial charge in [0.25, 0.3) is 0 Å². The van der Waals surface area contributed by atoms with Gasteiger partial charge in [0.1, 0.15) is 15.1 Å². The van der Waals surface area contributed by atoms with E-state index in [4.69, 9.17) is 0 Å². The molecule has 1 nitrogen and oxygen atoms in total. The molecule has 0 spiro atoms. The standard InChI is InChI=1S/C13H15OSi/c1-4-12-11(10-14)8-7-9-13(12)15(5-2)6-3/h5-10H,2-4H2,1H3. The van der Waals surface area contributed by atoms with Crippen molar-refractivity contribution in [2.75, 3.05) is 0 Å². The molecule has 77 valence electrons. The van der Waals surface area contributed by atoms with E-state index in [1.165, 1.54) is 5.19 Å². The molecule has 0 fully saturated rings. The molecule has 1 aromatic rings. The summed E-state index contributed by atoms with van der Waals surface area (Å²) in [6.07, 6.45) is 1.80. The Bertz CT molecular complexity index is 374. The van der Waals surface area contributed by atoms with E-state index < -0.39 is 8.80 Å². The Labute approximate surface area is 92.7 Å². The third kappa shape index (κ3) is 2.33. The van der Waals surface area contributed by atoms with Crippen LogP contribution in [0.3, 0.4) is 0 Å². The second-order valence-electron chi connectivity index (χ2n) is 3.21. The van der Waals surface area contributed by atoms with Crippen LogP contribution in [0.1, 0.15) is 22.8 Å². The largest absolute Gasteiger partial charge is 0.298 e. The van der Waals surface area contributed by atoms with Gasteiger partial charge in [0.05, 0.1) is 0 Å². The molecule has 1 radical (unpaired) electrons. The number of rotatable bonds is 5. The summed E-state index contributed by atoms with van der Waals surface area (Å²) in [5, 5.41) is 1.23. The van der Waals surface area contributed by atoms with Crippen molar-refractivity contribution in [2.45, 2.75) is 13.3 Å². The van der Waals surface area contributed by atoms with E-state index in [1.54, 1.807) is 0 Å². The van der Waals surface area contributed by atoms with E-state index in [1.807, 2.05) is 23.5 Å². The highest BCUT2D eigenvalue weighted by molar-refractivity contribution is 6.82. The second-order valence-corrected chi connectivity index (χ2v) is 5.47. The summed E-state index contributed by atoms with van der Waals surface area (Å²) in [5.41, 5.74) is 5.82. The lowest BCUT2D eigenvalue weighted by molar-refractivity contribution is 0.112. The SMILES string of the molecule is C=C[Si](C=C)c1cccc(C=O)c1CC. The van der Waals surface area contributed by atoms with Crippen molar-refractivity contribution in [1.29, 1.82) is 0 Å². The van der Waals surface area contributed by atoms with E-state index in [2.05, 4.69) is 26.1 Å². The first-order chi connectivity index (χ1) is 7.28. The molecule has 0 amide bonds. The van der Waals surface area contributed by atoms with Crippen molar-refractivity contribution in [3.8, 4) is 0 Å². The molecular formula is C13H15OSi. The molecule has 0 saturated heterocycles. The Kier molecular flexibility index (Phi) is 4.25. The van der Waals surface area contributed by atoms with Crippen LogP contribution >= 0.6 is 0 Å². The number of benzene rings is 1. The van der Waals surface area contributed by atoms with E-state index in [0.29, 0.717) is 0 Å². The molecule has 0 N–H and O–H groups in total. The summed E-state index contributed by atoms with van der Waals surface area (Å²) in [4.78, 5) is 10.9. The molecule has 0 atom stereocenters. The van der Waals surface area contributed by atoms with Crippen LogP contribution in [0.4, 0.5) is 0 Å². The lowest BCUT2D eigenvalue weighted by Crippen LogP contribution is -2.30. The van der Waals surface area contributed by atoms with Gasteiger partial charge in [-0.1, -0.05) is 36.5 Å². The number of aldehydes is 1. The number of carbonyl (C=O) groups excluding carboxylic acids is 1. The van der Waals surface area contributed by atoms with Crippen molar-refractivity contribution in [2.24, 2.45) is 0 Å². The zero-order valence-electron chi connectivity index (χ0n) is 8.99. The second kappa shape index (κ2) is 5.46. The molecule has 1 aromatic carbocycles. The average Bonchev–Trinajstić information content (AvgIpc) is 2.30. The molecule has 0 unspecified atom stereocenters. The van der Waals surface area contributed by atoms with Gasteiger partial charge < -0.3 is 0 Å². The quantitative estimate of drug-likeness (QED) is 0.544. The normalized spacial score (nSPS) is 10.0. The molecule has 0 heterocycles. The molecule has 0 saturated carbocycles. The number of carbonyl (C=O) groups is 1. The molecule has 15 heavy (non-hydrogen) atoms. The minimum atomic E-state index is -0.906. The average molecular weight is 215 g/mol. The minimum absolute atomic E-state index is 0.793. The maximum atomic E-state index is 10.9. The van der Waals surface area contributed by atoms with E-state index in [-0.39, 0.29) is 0 Å². The first-order valence-corrected chi connectivity index (χ1v) is 6.63. The van der Waals surface area contributed by atoms with Gasteiger partial charge in [-0.15, -0.1) is 13.2 Å². The van der Waals surface area contributed by atoms with Gasteiger partial charge in [0.2, 0.25) is 0 Å². The van der Waals surface area contributed by atoms with Crippen molar-refractivity contribution in [3.63, 3.8) is 0 Å². The van der Waals surface area contributed by atoms with Crippen LogP contribution in [0.5, 0.6) is 0 Å². The third-order valence-corrected chi connectivity index (χ3v) is 4.41. The van der Waals surface area contributed by atoms with Gasteiger partial charge in [0, 0.05) is 5.56 Å². The van der Waals surface area contributed by atoms with Crippen LogP contribution in [0.2, 0.25) is 0 Å². The monoisotopic (exact) mass is 215 g/mol. The van der Waals surface area contributed by atoms with Crippen molar-refractivity contribution < 1.29 is 4.79 Å². The number of hydrogen-bond donors (Lipinski definition) is 0. The summed E-state index contributed by atoms with van der Waals surface area (Å²) in [6, 6.07) is 5.86. The highest BCUT2D eigenvalue weighted by atomic mass is 28.3. The van der Waals surface area contributed by atoms with E-state index >= 15 is 0 Å². The van der Waals surface area contributed by atoms with Crippen molar-refractivity contribution >= 4 is 20.3 Å². The maximum Gasteiger partial charge on any atom is 0.150 e. The van der Waals surface area contributed by atoms with Crippen LogP contribution in [0.15, 0.2) is 42.8 Å². The molecule has 1 rings (SSSR count). The lowest BCUT2D eigenvalue weighted by atomic mass is 10.1. The van der Waals surface area contributed by atoms with Gasteiger partial charge in [-0.3, -0.25) is 4.79 Å². The lowest BCUT2D eigenvalue weighted by Gasteiger charge is -2.12. The Balaban J connectivity index is 3.33. The predicted octanol–water partition coefficient (Wildman–Crippen LogP) is 2.21. The van der Waals surface area contributed by atoms with Gasteiger partial charge in [-0.05, 0) is 17.2 Å². The topological polar surface area (TPSA) is 17.1 Å². The molecular weight excluding hydrogens is 200 g/mol. The highest BCUT2D eigenvalue weighted by Gasteiger charge is 2.12. The first kappa shape index (κ1) is 11.7. The van der Waals surface area contributed by atoms with Crippen LogP contribution in [0, 0.1) is 0 Å². The molecule has 0 aliphatic heterocycles. The van der Waals surface area contributed by atoms with Crippen LogP contribution in [0.25, 0.3) is 0 Å². The molecule has 0 bridgehead atoms. The van der Waals surface area contributed by atoms with Crippen molar-refractivity contribution in [1.82, 2.24) is 0 Å². The van der Waals surface area contributed by atoms with Crippen LogP contribution in [-0.4, -0.2) is 15.1 Å². The highest BCUT2D eigenvalue weighted by Crippen LogP contribution is 2.07. The number of hydrogen-bond acceptors (Lipinski definition) is 1. The van der Waals surface area contributed by atoms with Gasteiger partial charge in [0.15, 0.2) is 0 Å². The van der Waals surface area contributed by atoms with E-state index in [9.17, 15) is 4.79 Å². The van der Waals surface area contributed by atoms with Crippen LogP contribution in [-0.2, 0) is 6.42 Å². The minimum Gasteiger partial charge on any atom is -0.298 e. The summed E-state index contributed by atoms with van der Waals surface area (Å²) < 4.78 is 0. The summed E-state index contributed by atoms with van der Waals surface area (Å²) >= 11 is 0. The third-order valence-electron chi connectivity index (χ3n) is 2.44. The van der Waals surface area contributed by atoms with E-state index in [0.717, 1.165) is 23.8 Å². The fourth-order valence-electron chi connectivity index (χ4n) is 1.68. The smallest absolute Gasteiger partial charge is 0.150 e. The van der Waals surface area contributed by atoms with Gasteiger partial charge in [-0.2, -0.15) is 0 Å². The molecule has 0 aromatic heterocycles. The Hall–Kier alpha value is -1.41. The zero-order valence-corrected chi connectivity index (χ0v) is 9.99. The Morgan fingerprint density at radius 3 is 2.47 bits per heavy atom. The molecule has 0 aliphatic carbocycles. The summed E-state index contributed by atoms with van der Waals surface area (Å²) in [6.45, 7) is 9.72. The summed E-state index contributed by atoms with van der Waals surface area (Å²) in [7, 11) is -0.906. The Morgan fingerprint density at radius 1 is 1.33 bits per heavy atom. The summed E-state index contributed by atoms with van der Waals surface area (Å²) in [5.74, 6) is 0. The Morgan fingerprint density at radius 2 is 2.00 bits per heavy atom. The zero-order chi connectivity index (χ0) is 11.3. The van der Waals surface area contributed by atoms with Crippen molar-refractivity contribution in [3.05, 3.63) is 53.9 Å².